The molecule has 0 atom stereocenters. The number of aldehydes is 1. The van der Waals surface area contributed by atoms with E-state index in [0.717, 1.165) is 11.8 Å². The number of amides is 1. The van der Waals surface area contributed by atoms with Crippen molar-refractivity contribution in [3.63, 3.8) is 0 Å². The maximum Gasteiger partial charge on any atom is 0.255 e. The summed E-state index contributed by atoms with van der Waals surface area (Å²) in [6, 6.07) is 16.2. The molecule has 0 spiro atoms. The van der Waals surface area contributed by atoms with E-state index >= 15 is 0 Å². The van der Waals surface area contributed by atoms with Gasteiger partial charge in [0.2, 0.25) is 0 Å². The summed E-state index contributed by atoms with van der Waals surface area (Å²) in [6.07, 6.45) is 0.763. The highest BCUT2D eigenvalue weighted by Gasteiger charge is 2.23. The number of hydrogen-bond donors (Lipinski definition) is 2. The molecule has 0 saturated carbocycles. The van der Waals surface area contributed by atoms with E-state index in [1.54, 1.807) is 42.5 Å². The fourth-order valence-corrected chi connectivity index (χ4v) is 3.34. The summed E-state index contributed by atoms with van der Waals surface area (Å²) in [7, 11) is 1.53. The third-order valence-corrected chi connectivity index (χ3v) is 4.75. The lowest BCUT2D eigenvalue weighted by atomic mass is 9.98. The smallest absolute Gasteiger partial charge is 0.255 e. The van der Waals surface area contributed by atoms with Gasteiger partial charge in [0, 0.05) is 40.9 Å². The van der Waals surface area contributed by atoms with Gasteiger partial charge in [-0.2, -0.15) is 0 Å². The number of nitrogens with one attached hydrogen (secondary N) is 1. The van der Waals surface area contributed by atoms with E-state index < -0.39 is 0 Å². The Balaban J connectivity index is 1.99. The molecule has 0 radical (unpaired) electrons. The first-order valence-electron chi connectivity index (χ1n) is 8.91. The van der Waals surface area contributed by atoms with Crippen LogP contribution < -0.4 is 11.1 Å². The molecule has 3 N–H and O–H groups in total. The van der Waals surface area contributed by atoms with Crippen molar-refractivity contribution in [1.82, 2.24) is 5.32 Å². The Bertz CT molecular complexity index is 1240. The van der Waals surface area contributed by atoms with Gasteiger partial charge in [0.15, 0.2) is 0 Å². The minimum atomic E-state index is -0.382. The number of carbonyl (C=O) groups is 2. The van der Waals surface area contributed by atoms with Crippen LogP contribution in [-0.2, 0) is 0 Å². The van der Waals surface area contributed by atoms with Gasteiger partial charge < -0.3 is 15.5 Å². The first-order chi connectivity index (χ1) is 14.0. The normalized spacial score (nSPS) is 10.8. The van der Waals surface area contributed by atoms with Gasteiger partial charge in [-0.05, 0) is 42.0 Å². The number of benzene rings is 3. The summed E-state index contributed by atoms with van der Waals surface area (Å²) in [5, 5.41) is 3.20. The summed E-state index contributed by atoms with van der Waals surface area (Å²) in [5.41, 5.74) is 9.99. The van der Waals surface area contributed by atoms with Crippen LogP contribution in [0.1, 0.15) is 20.7 Å². The standard InChI is InChI=1S/C23H17FN2O3/c1-26-23(28)21-18-10-17(15-4-2-3-13(9-15)12-27)19(25)11-20(18)29-22(21)14-5-7-16(24)8-6-14/h2-12H,25H2,1H3,(H,26,28). The first kappa shape index (κ1) is 18.4. The van der Waals surface area contributed by atoms with E-state index in [0.29, 0.717) is 44.7 Å². The molecule has 0 aliphatic rings. The molecule has 0 unspecified atom stereocenters. The van der Waals surface area contributed by atoms with E-state index in [1.165, 1.54) is 19.2 Å². The number of nitrogens with two attached hydrogens (primary N) is 1. The predicted molar refractivity (Wildman–Crippen MR) is 110 cm³/mol. The number of furan rings is 1. The van der Waals surface area contributed by atoms with Gasteiger partial charge in [-0.15, -0.1) is 0 Å². The molecule has 4 rings (SSSR count). The summed E-state index contributed by atoms with van der Waals surface area (Å²) in [5.74, 6) is -0.383. The van der Waals surface area contributed by atoms with Crippen LogP contribution in [0.4, 0.5) is 10.1 Å². The molecule has 1 aromatic heterocycles. The molecule has 29 heavy (non-hydrogen) atoms. The highest BCUT2D eigenvalue weighted by Crippen LogP contribution is 2.38. The van der Waals surface area contributed by atoms with Gasteiger partial charge >= 0.3 is 0 Å². The van der Waals surface area contributed by atoms with E-state index in [4.69, 9.17) is 10.2 Å². The number of carbonyl (C=O) groups excluding carboxylic acids is 2. The van der Waals surface area contributed by atoms with Gasteiger partial charge in [0.25, 0.3) is 5.91 Å². The Morgan fingerprint density at radius 3 is 2.52 bits per heavy atom. The van der Waals surface area contributed by atoms with Gasteiger partial charge in [0.05, 0.1) is 5.56 Å². The number of hydrogen-bond acceptors (Lipinski definition) is 4. The second kappa shape index (κ2) is 7.24. The molecule has 5 nitrogen and oxygen atoms in total. The van der Waals surface area contributed by atoms with E-state index in [1.807, 2.05) is 6.07 Å². The van der Waals surface area contributed by atoms with Crippen LogP contribution >= 0.6 is 0 Å². The predicted octanol–water partition coefficient (Wildman–Crippen LogP) is 4.66. The molecular formula is C23H17FN2O3. The molecule has 1 heterocycles. The minimum Gasteiger partial charge on any atom is -0.455 e. The lowest BCUT2D eigenvalue weighted by Crippen LogP contribution is -2.18. The molecule has 6 heteroatoms. The molecular weight excluding hydrogens is 371 g/mol. The zero-order valence-electron chi connectivity index (χ0n) is 15.5. The summed E-state index contributed by atoms with van der Waals surface area (Å²) < 4.78 is 19.3. The molecule has 1 amide bonds. The average molecular weight is 388 g/mol. The van der Waals surface area contributed by atoms with Crippen molar-refractivity contribution < 1.29 is 18.4 Å². The van der Waals surface area contributed by atoms with Crippen LogP contribution in [0, 0.1) is 5.82 Å². The summed E-state index contributed by atoms with van der Waals surface area (Å²) in [4.78, 5) is 23.8. The van der Waals surface area contributed by atoms with Crippen molar-refractivity contribution in [2.45, 2.75) is 0 Å². The maximum atomic E-state index is 13.3. The van der Waals surface area contributed by atoms with E-state index in [9.17, 15) is 14.0 Å². The second-order valence-electron chi connectivity index (χ2n) is 6.57. The number of rotatable bonds is 4. The summed E-state index contributed by atoms with van der Waals surface area (Å²) in [6.45, 7) is 0. The largest absolute Gasteiger partial charge is 0.455 e. The van der Waals surface area contributed by atoms with E-state index in [-0.39, 0.29) is 11.7 Å². The molecule has 0 bridgehead atoms. The average Bonchev–Trinajstić information content (AvgIpc) is 3.11. The Morgan fingerprint density at radius 1 is 1.07 bits per heavy atom. The van der Waals surface area contributed by atoms with Crippen LogP contribution in [0.15, 0.2) is 65.1 Å². The fourth-order valence-electron chi connectivity index (χ4n) is 3.34. The molecule has 0 fully saturated rings. The topological polar surface area (TPSA) is 85.3 Å². The zero-order chi connectivity index (χ0) is 20.5. The van der Waals surface area contributed by atoms with Crippen LogP contribution in [0.2, 0.25) is 0 Å². The van der Waals surface area contributed by atoms with Crippen molar-refractivity contribution in [2.24, 2.45) is 0 Å². The van der Waals surface area contributed by atoms with Crippen molar-refractivity contribution in [2.75, 3.05) is 12.8 Å². The minimum absolute atomic E-state index is 0.331. The molecule has 0 aliphatic carbocycles. The third kappa shape index (κ3) is 3.25. The zero-order valence-corrected chi connectivity index (χ0v) is 15.5. The second-order valence-corrected chi connectivity index (χ2v) is 6.57. The molecule has 4 aromatic rings. The molecule has 0 aliphatic heterocycles. The van der Waals surface area contributed by atoms with Gasteiger partial charge in [0.1, 0.15) is 23.4 Å². The van der Waals surface area contributed by atoms with Crippen LogP contribution in [-0.4, -0.2) is 19.2 Å². The maximum absolute atomic E-state index is 13.3. The SMILES string of the molecule is CNC(=O)c1c(-c2ccc(F)cc2)oc2cc(N)c(-c3cccc(C=O)c3)cc12. The van der Waals surface area contributed by atoms with Crippen molar-refractivity contribution in [3.8, 4) is 22.5 Å². The van der Waals surface area contributed by atoms with Crippen molar-refractivity contribution >= 4 is 28.8 Å². The van der Waals surface area contributed by atoms with Crippen molar-refractivity contribution in [3.05, 3.63) is 77.6 Å². The highest BCUT2D eigenvalue weighted by molar-refractivity contribution is 6.12. The first-order valence-corrected chi connectivity index (χ1v) is 8.91. The molecule has 0 saturated heterocycles. The Kier molecular flexibility index (Phi) is 4.60. The monoisotopic (exact) mass is 388 g/mol. The molecule has 3 aromatic carbocycles. The van der Waals surface area contributed by atoms with Crippen LogP contribution in [0.3, 0.4) is 0 Å². The summed E-state index contributed by atoms with van der Waals surface area (Å²) >= 11 is 0. The number of fused-ring (bicyclic) bond motifs is 1. The Labute approximate surface area is 165 Å². The Morgan fingerprint density at radius 2 is 1.83 bits per heavy atom. The van der Waals surface area contributed by atoms with Crippen LogP contribution in [0.5, 0.6) is 0 Å². The lowest BCUT2D eigenvalue weighted by Gasteiger charge is -2.07. The quantitative estimate of drug-likeness (QED) is 0.393. The Hall–Kier alpha value is -3.93. The third-order valence-electron chi connectivity index (χ3n) is 4.75. The van der Waals surface area contributed by atoms with Gasteiger partial charge in [-0.3, -0.25) is 9.59 Å². The fraction of sp³-hybridized carbons (Fsp3) is 0.0435. The van der Waals surface area contributed by atoms with Gasteiger partial charge in [-0.1, -0.05) is 18.2 Å². The van der Waals surface area contributed by atoms with Gasteiger partial charge in [-0.25, -0.2) is 4.39 Å². The highest BCUT2D eigenvalue weighted by atomic mass is 19.1. The number of anilines is 1. The molecule has 144 valence electrons. The van der Waals surface area contributed by atoms with Crippen LogP contribution in [0.25, 0.3) is 33.4 Å². The number of halogens is 1. The van der Waals surface area contributed by atoms with E-state index in [2.05, 4.69) is 5.32 Å². The lowest BCUT2D eigenvalue weighted by molar-refractivity contribution is 0.0964. The van der Waals surface area contributed by atoms with Crippen molar-refractivity contribution in [1.29, 1.82) is 0 Å². The number of nitrogen functional groups attached to an aromatic ring is 1.